The molecule has 1 aromatic carbocycles. The van der Waals surface area contributed by atoms with Crippen molar-refractivity contribution in [3.05, 3.63) is 35.4 Å². The van der Waals surface area contributed by atoms with Crippen LogP contribution in [0.4, 0.5) is 0 Å². The molecule has 5 heteroatoms. The fourth-order valence-electron chi connectivity index (χ4n) is 2.00. The minimum absolute atomic E-state index is 0.0590. The minimum Gasteiger partial charge on any atom is -0.349 e. The van der Waals surface area contributed by atoms with Crippen LogP contribution in [0, 0.1) is 0 Å². The van der Waals surface area contributed by atoms with E-state index in [1.165, 1.54) is 0 Å². The number of amides is 1. The Hall–Kier alpha value is -1.20. The molecule has 0 aliphatic carbocycles. The van der Waals surface area contributed by atoms with Crippen LogP contribution in [-0.4, -0.2) is 27.7 Å². The van der Waals surface area contributed by atoms with Crippen molar-refractivity contribution in [1.29, 1.82) is 0 Å². The molecule has 2 rings (SSSR count). The molecule has 0 bridgehead atoms. The molecule has 0 radical (unpaired) electrons. The predicted octanol–water partition coefficient (Wildman–Crippen LogP) is 0.786. The summed E-state index contributed by atoms with van der Waals surface area (Å²) in [5.74, 6) is 1.32. The Labute approximate surface area is 109 Å². The van der Waals surface area contributed by atoms with Crippen molar-refractivity contribution in [3.63, 3.8) is 0 Å². The van der Waals surface area contributed by atoms with E-state index in [0.29, 0.717) is 23.6 Å². The number of hydrogen-bond acceptors (Lipinski definition) is 3. The van der Waals surface area contributed by atoms with Gasteiger partial charge in [0.2, 0.25) is 0 Å². The van der Waals surface area contributed by atoms with Crippen molar-refractivity contribution < 1.29 is 9.00 Å². The van der Waals surface area contributed by atoms with Gasteiger partial charge in [-0.2, -0.15) is 0 Å². The van der Waals surface area contributed by atoms with E-state index in [0.717, 1.165) is 18.4 Å². The van der Waals surface area contributed by atoms with Crippen LogP contribution in [0.3, 0.4) is 0 Å². The van der Waals surface area contributed by atoms with Crippen molar-refractivity contribution in [3.8, 4) is 0 Å². The second kappa shape index (κ2) is 6.11. The summed E-state index contributed by atoms with van der Waals surface area (Å²) in [5.41, 5.74) is 7.17. The van der Waals surface area contributed by atoms with Gasteiger partial charge in [0.05, 0.1) is 0 Å². The monoisotopic (exact) mass is 266 g/mol. The van der Waals surface area contributed by atoms with Gasteiger partial charge in [0.1, 0.15) is 0 Å². The summed E-state index contributed by atoms with van der Waals surface area (Å²) >= 11 is 0. The van der Waals surface area contributed by atoms with Crippen LogP contribution in [0.25, 0.3) is 0 Å². The highest BCUT2D eigenvalue weighted by Gasteiger charge is 2.19. The third-order valence-corrected chi connectivity index (χ3v) is 4.56. The van der Waals surface area contributed by atoms with Crippen molar-refractivity contribution in [2.24, 2.45) is 5.73 Å². The Kier molecular flexibility index (Phi) is 4.49. The van der Waals surface area contributed by atoms with Gasteiger partial charge >= 0.3 is 0 Å². The maximum absolute atomic E-state index is 12.0. The summed E-state index contributed by atoms with van der Waals surface area (Å²) in [6.07, 6.45) is 1.61. The smallest absolute Gasteiger partial charge is 0.251 e. The number of carbonyl (C=O) groups excluding carboxylic acids is 1. The van der Waals surface area contributed by atoms with Gasteiger partial charge in [0.15, 0.2) is 0 Å². The zero-order valence-electron chi connectivity index (χ0n) is 10.2. The van der Waals surface area contributed by atoms with E-state index in [1.807, 2.05) is 12.1 Å². The first kappa shape index (κ1) is 13.2. The molecule has 3 N–H and O–H groups in total. The average Bonchev–Trinajstić information content (AvgIpc) is 2.41. The van der Waals surface area contributed by atoms with Gasteiger partial charge in [-0.1, -0.05) is 12.1 Å². The summed E-state index contributed by atoms with van der Waals surface area (Å²) in [5, 5.41) is 2.99. The normalized spacial score (nSPS) is 23.6. The van der Waals surface area contributed by atoms with E-state index < -0.39 is 10.8 Å². The van der Waals surface area contributed by atoms with Gasteiger partial charge in [0, 0.05) is 40.5 Å². The van der Waals surface area contributed by atoms with Crippen molar-refractivity contribution >= 4 is 16.7 Å². The molecule has 1 saturated heterocycles. The fraction of sp³-hybridized carbons (Fsp3) is 0.462. The number of rotatable bonds is 3. The summed E-state index contributed by atoms with van der Waals surface area (Å²) in [4.78, 5) is 12.0. The Balaban J connectivity index is 1.92. The third-order valence-electron chi connectivity index (χ3n) is 3.18. The van der Waals surface area contributed by atoms with Crippen LogP contribution >= 0.6 is 0 Å². The topological polar surface area (TPSA) is 72.2 Å². The van der Waals surface area contributed by atoms with Crippen LogP contribution in [0.1, 0.15) is 28.8 Å². The second-order valence-corrected chi connectivity index (χ2v) is 6.19. The molecule has 0 saturated carbocycles. The molecule has 0 aromatic heterocycles. The molecule has 0 unspecified atom stereocenters. The highest BCUT2D eigenvalue weighted by atomic mass is 32.2. The highest BCUT2D eigenvalue weighted by Crippen LogP contribution is 2.11. The van der Waals surface area contributed by atoms with Crippen LogP contribution in [0.15, 0.2) is 24.3 Å². The van der Waals surface area contributed by atoms with Crippen LogP contribution in [0.5, 0.6) is 0 Å². The van der Waals surface area contributed by atoms with E-state index in [9.17, 15) is 9.00 Å². The molecule has 1 aromatic rings. The highest BCUT2D eigenvalue weighted by molar-refractivity contribution is 7.85. The number of carbonyl (C=O) groups is 1. The Morgan fingerprint density at radius 1 is 1.28 bits per heavy atom. The number of nitrogens with one attached hydrogen (secondary N) is 1. The lowest BCUT2D eigenvalue weighted by Crippen LogP contribution is -2.39. The number of benzene rings is 1. The maximum atomic E-state index is 12.0. The largest absolute Gasteiger partial charge is 0.349 e. The van der Waals surface area contributed by atoms with Crippen molar-refractivity contribution in [2.75, 3.05) is 11.5 Å². The minimum atomic E-state index is -0.690. The summed E-state index contributed by atoms with van der Waals surface area (Å²) in [6, 6.07) is 7.47. The number of hydrogen-bond donors (Lipinski definition) is 2. The zero-order valence-corrected chi connectivity index (χ0v) is 11.0. The zero-order chi connectivity index (χ0) is 13.0. The van der Waals surface area contributed by atoms with Crippen LogP contribution in [0.2, 0.25) is 0 Å². The second-order valence-electron chi connectivity index (χ2n) is 4.50. The molecule has 1 fully saturated rings. The molecular weight excluding hydrogens is 248 g/mol. The van der Waals surface area contributed by atoms with Crippen molar-refractivity contribution in [2.45, 2.75) is 25.4 Å². The maximum Gasteiger partial charge on any atom is 0.251 e. The summed E-state index contributed by atoms with van der Waals surface area (Å²) in [7, 11) is -0.690. The van der Waals surface area contributed by atoms with Crippen LogP contribution in [-0.2, 0) is 17.3 Å². The molecule has 1 aliphatic heterocycles. The van der Waals surface area contributed by atoms with Gasteiger partial charge in [0.25, 0.3) is 5.91 Å². The van der Waals surface area contributed by atoms with Crippen LogP contribution < -0.4 is 11.1 Å². The lowest BCUT2D eigenvalue weighted by atomic mass is 10.1. The quantitative estimate of drug-likeness (QED) is 0.849. The molecule has 4 nitrogen and oxygen atoms in total. The van der Waals surface area contributed by atoms with Gasteiger partial charge in [-0.3, -0.25) is 9.00 Å². The number of nitrogens with two attached hydrogens (primary N) is 1. The molecule has 0 spiro atoms. The van der Waals surface area contributed by atoms with Crippen molar-refractivity contribution in [1.82, 2.24) is 5.32 Å². The van der Waals surface area contributed by atoms with E-state index in [1.54, 1.807) is 12.1 Å². The molecule has 1 heterocycles. The summed E-state index contributed by atoms with van der Waals surface area (Å²) in [6.45, 7) is 0.482. The predicted molar refractivity (Wildman–Crippen MR) is 72.7 cm³/mol. The van der Waals surface area contributed by atoms with E-state index in [2.05, 4.69) is 5.32 Å². The average molecular weight is 266 g/mol. The van der Waals surface area contributed by atoms with E-state index in [-0.39, 0.29) is 11.9 Å². The first-order valence-electron chi connectivity index (χ1n) is 6.14. The molecule has 0 atom stereocenters. The Morgan fingerprint density at radius 3 is 2.44 bits per heavy atom. The summed E-state index contributed by atoms with van der Waals surface area (Å²) < 4.78 is 11.2. The molecular formula is C13H18N2O2S. The molecule has 1 aliphatic rings. The van der Waals surface area contributed by atoms with Gasteiger partial charge in [-0.25, -0.2) is 0 Å². The van der Waals surface area contributed by atoms with Gasteiger partial charge < -0.3 is 11.1 Å². The van der Waals surface area contributed by atoms with Gasteiger partial charge in [-0.05, 0) is 30.5 Å². The van der Waals surface area contributed by atoms with E-state index >= 15 is 0 Å². The lowest BCUT2D eigenvalue weighted by Gasteiger charge is -2.22. The first-order valence-corrected chi connectivity index (χ1v) is 7.62. The van der Waals surface area contributed by atoms with Gasteiger partial charge in [-0.15, -0.1) is 0 Å². The van der Waals surface area contributed by atoms with E-state index in [4.69, 9.17) is 5.73 Å². The Bertz CT molecular complexity index is 435. The SMILES string of the molecule is NCc1ccc(C(=O)NC2CCS(=O)CC2)cc1. The third kappa shape index (κ3) is 3.40. The Morgan fingerprint density at radius 2 is 1.89 bits per heavy atom. The molecule has 1 amide bonds. The first-order chi connectivity index (χ1) is 8.69. The molecule has 18 heavy (non-hydrogen) atoms. The standard InChI is InChI=1S/C13H18N2O2S/c14-9-10-1-3-11(4-2-10)13(16)15-12-5-7-18(17)8-6-12/h1-4,12H,5-9,14H2,(H,15,16). The molecule has 98 valence electrons. The lowest BCUT2D eigenvalue weighted by molar-refractivity contribution is 0.0934. The fourth-order valence-corrected chi connectivity index (χ4v) is 3.30.